The van der Waals surface area contributed by atoms with Gasteiger partial charge in [-0.05, 0) is 50.6 Å². The number of carbonyl (C=O) groups is 1. The van der Waals surface area contributed by atoms with Gasteiger partial charge in [0.05, 0.1) is 6.54 Å². The smallest absolute Gasteiger partial charge is 0.239 e. The van der Waals surface area contributed by atoms with Gasteiger partial charge in [0.1, 0.15) is 5.82 Å². The van der Waals surface area contributed by atoms with E-state index in [2.05, 4.69) is 5.32 Å². The van der Waals surface area contributed by atoms with Crippen LogP contribution in [0.3, 0.4) is 0 Å². The number of nitrogens with one attached hydrogen (secondary N) is 1. The van der Waals surface area contributed by atoms with Crippen molar-refractivity contribution in [2.75, 3.05) is 24.5 Å². The van der Waals surface area contributed by atoms with Crippen LogP contribution in [-0.2, 0) is 4.79 Å². The minimum Gasteiger partial charge on any atom is -0.362 e. The van der Waals surface area contributed by atoms with E-state index >= 15 is 0 Å². The number of benzene rings is 1. The molecular formula is C15H24FN3O. The highest BCUT2D eigenvalue weighted by Crippen LogP contribution is 2.14. The molecule has 0 saturated carbocycles. The van der Waals surface area contributed by atoms with E-state index in [4.69, 9.17) is 5.73 Å². The highest BCUT2D eigenvalue weighted by molar-refractivity contribution is 5.81. The lowest BCUT2D eigenvalue weighted by Crippen LogP contribution is -2.41. The van der Waals surface area contributed by atoms with Gasteiger partial charge in [0.15, 0.2) is 0 Å². The zero-order chi connectivity index (χ0) is 15.0. The average Bonchev–Trinajstić information content (AvgIpc) is 2.44. The number of anilines is 1. The Labute approximate surface area is 120 Å². The zero-order valence-electron chi connectivity index (χ0n) is 12.2. The first-order valence-electron chi connectivity index (χ1n) is 7.06. The first kappa shape index (κ1) is 16.4. The summed E-state index contributed by atoms with van der Waals surface area (Å²) in [5.74, 6) is -0.308. The second kappa shape index (κ2) is 8.53. The summed E-state index contributed by atoms with van der Waals surface area (Å²) >= 11 is 0. The molecule has 1 aromatic carbocycles. The van der Waals surface area contributed by atoms with Crippen LogP contribution in [0.4, 0.5) is 10.1 Å². The summed E-state index contributed by atoms with van der Waals surface area (Å²) in [6.07, 6.45) is 1.68. The number of nitrogens with zero attached hydrogens (tertiary/aromatic N) is 1. The molecule has 0 radical (unpaired) electrons. The van der Waals surface area contributed by atoms with Gasteiger partial charge in [-0.2, -0.15) is 0 Å². The summed E-state index contributed by atoms with van der Waals surface area (Å²) < 4.78 is 13.0. The molecule has 0 saturated heterocycles. The monoisotopic (exact) mass is 281 g/mol. The summed E-state index contributed by atoms with van der Waals surface area (Å²) in [6, 6.07) is 6.33. The summed E-state index contributed by atoms with van der Waals surface area (Å²) in [5.41, 5.74) is 6.36. The number of halogens is 1. The van der Waals surface area contributed by atoms with Crippen molar-refractivity contribution in [3.8, 4) is 0 Å². The fourth-order valence-electron chi connectivity index (χ4n) is 1.83. The Morgan fingerprint density at radius 3 is 2.60 bits per heavy atom. The Balaban J connectivity index is 2.68. The van der Waals surface area contributed by atoms with Gasteiger partial charge in [-0.1, -0.05) is 6.92 Å². The van der Waals surface area contributed by atoms with Gasteiger partial charge in [0.2, 0.25) is 5.91 Å². The Kier molecular flexibility index (Phi) is 7.01. The Bertz CT molecular complexity index is 408. The molecular weight excluding hydrogens is 257 g/mol. The van der Waals surface area contributed by atoms with Crippen molar-refractivity contribution in [3.05, 3.63) is 30.1 Å². The minimum absolute atomic E-state index is 0.0271. The molecule has 0 heterocycles. The van der Waals surface area contributed by atoms with E-state index in [-0.39, 0.29) is 24.3 Å². The number of nitrogens with two attached hydrogens (primary N) is 1. The lowest BCUT2D eigenvalue weighted by molar-refractivity contribution is -0.120. The average molecular weight is 281 g/mol. The lowest BCUT2D eigenvalue weighted by Gasteiger charge is -2.25. The van der Waals surface area contributed by atoms with E-state index in [1.54, 1.807) is 12.1 Å². The zero-order valence-corrected chi connectivity index (χ0v) is 12.2. The lowest BCUT2D eigenvalue weighted by atomic mass is 10.2. The molecule has 0 aliphatic rings. The van der Waals surface area contributed by atoms with Crippen LogP contribution in [0.15, 0.2) is 24.3 Å². The second-order valence-electron chi connectivity index (χ2n) is 4.92. The van der Waals surface area contributed by atoms with Gasteiger partial charge in [-0.25, -0.2) is 4.39 Å². The van der Waals surface area contributed by atoms with Crippen molar-refractivity contribution in [3.63, 3.8) is 0 Å². The summed E-state index contributed by atoms with van der Waals surface area (Å²) in [7, 11) is 0. The maximum absolute atomic E-state index is 13.0. The van der Waals surface area contributed by atoms with E-state index in [9.17, 15) is 9.18 Å². The van der Waals surface area contributed by atoms with Crippen LogP contribution >= 0.6 is 0 Å². The van der Waals surface area contributed by atoms with E-state index < -0.39 is 0 Å². The molecule has 0 aromatic heterocycles. The van der Waals surface area contributed by atoms with Crippen molar-refractivity contribution in [2.24, 2.45) is 5.73 Å². The quantitative estimate of drug-likeness (QED) is 0.765. The first-order chi connectivity index (χ1) is 9.56. The number of rotatable bonds is 8. The standard InChI is InChI=1S/C15H24FN3O/c1-3-12(2)18-15(20)11-19(10-4-9-17)14-7-5-13(16)6-8-14/h5-8,12H,3-4,9-11,17H2,1-2H3,(H,18,20). The van der Waals surface area contributed by atoms with Gasteiger partial charge in [0.25, 0.3) is 0 Å². The van der Waals surface area contributed by atoms with E-state index in [0.29, 0.717) is 13.1 Å². The normalized spacial score (nSPS) is 12.0. The number of hydrogen-bond acceptors (Lipinski definition) is 3. The molecule has 112 valence electrons. The molecule has 1 rings (SSSR count). The topological polar surface area (TPSA) is 58.4 Å². The molecule has 4 nitrogen and oxygen atoms in total. The molecule has 1 atom stereocenters. The minimum atomic E-state index is -0.281. The Morgan fingerprint density at radius 1 is 1.40 bits per heavy atom. The molecule has 1 aromatic rings. The van der Waals surface area contributed by atoms with Gasteiger partial charge in [-0.15, -0.1) is 0 Å². The third-order valence-corrected chi connectivity index (χ3v) is 3.18. The van der Waals surface area contributed by atoms with Crippen LogP contribution < -0.4 is 16.0 Å². The van der Waals surface area contributed by atoms with E-state index in [1.165, 1.54) is 12.1 Å². The van der Waals surface area contributed by atoms with E-state index in [1.807, 2.05) is 18.7 Å². The third-order valence-electron chi connectivity index (χ3n) is 3.18. The van der Waals surface area contributed by atoms with E-state index in [0.717, 1.165) is 18.5 Å². The predicted molar refractivity (Wildman–Crippen MR) is 80.2 cm³/mol. The van der Waals surface area contributed by atoms with Gasteiger partial charge >= 0.3 is 0 Å². The molecule has 0 aliphatic heterocycles. The molecule has 5 heteroatoms. The van der Waals surface area contributed by atoms with Gasteiger partial charge in [-0.3, -0.25) is 4.79 Å². The molecule has 3 N–H and O–H groups in total. The maximum atomic E-state index is 13.0. The summed E-state index contributed by atoms with van der Waals surface area (Å²) in [5, 5.41) is 2.93. The molecule has 0 fully saturated rings. The molecule has 1 amide bonds. The molecule has 0 aliphatic carbocycles. The fraction of sp³-hybridized carbons (Fsp3) is 0.533. The predicted octanol–water partition coefficient (Wildman–Crippen LogP) is 1.90. The molecule has 20 heavy (non-hydrogen) atoms. The third kappa shape index (κ3) is 5.57. The van der Waals surface area contributed by atoms with Crippen LogP contribution in [0.25, 0.3) is 0 Å². The van der Waals surface area contributed by atoms with Crippen LogP contribution in [0, 0.1) is 5.82 Å². The van der Waals surface area contributed by atoms with Crippen molar-refractivity contribution in [1.82, 2.24) is 5.32 Å². The van der Waals surface area contributed by atoms with Crippen molar-refractivity contribution in [2.45, 2.75) is 32.7 Å². The van der Waals surface area contributed by atoms with Crippen LogP contribution in [0.5, 0.6) is 0 Å². The highest BCUT2D eigenvalue weighted by Gasteiger charge is 2.12. The summed E-state index contributed by atoms with van der Waals surface area (Å²) in [4.78, 5) is 13.9. The van der Waals surface area contributed by atoms with Gasteiger partial charge < -0.3 is 16.0 Å². The Morgan fingerprint density at radius 2 is 2.05 bits per heavy atom. The molecule has 1 unspecified atom stereocenters. The van der Waals surface area contributed by atoms with Crippen molar-refractivity contribution >= 4 is 11.6 Å². The fourth-order valence-corrected chi connectivity index (χ4v) is 1.83. The Hall–Kier alpha value is -1.62. The number of amides is 1. The SMILES string of the molecule is CCC(C)NC(=O)CN(CCCN)c1ccc(F)cc1. The second-order valence-corrected chi connectivity index (χ2v) is 4.92. The highest BCUT2D eigenvalue weighted by atomic mass is 19.1. The number of hydrogen-bond donors (Lipinski definition) is 2. The largest absolute Gasteiger partial charge is 0.362 e. The number of carbonyl (C=O) groups excluding carboxylic acids is 1. The van der Waals surface area contributed by atoms with Crippen molar-refractivity contribution < 1.29 is 9.18 Å². The van der Waals surface area contributed by atoms with Gasteiger partial charge in [0, 0.05) is 18.3 Å². The van der Waals surface area contributed by atoms with Crippen LogP contribution in [-0.4, -0.2) is 31.6 Å². The first-order valence-corrected chi connectivity index (χ1v) is 7.06. The molecule has 0 bridgehead atoms. The van der Waals surface area contributed by atoms with Crippen LogP contribution in [0.2, 0.25) is 0 Å². The maximum Gasteiger partial charge on any atom is 0.239 e. The van der Waals surface area contributed by atoms with Crippen LogP contribution in [0.1, 0.15) is 26.7 Å². The van der Waals surface area contributed by atoms with Crippen molar-refractivity contribution in [1.29, 1.82) is 0 Å². The summed E-state index contributed by atoms with van der Waals surface area (Å²) in [6.45, 7) is 5.49. The molecule has 0 spiro atoms.